The predicted molar refractivity (Wildman–Crippen MR) is 82.6 cm³/mol. The Hall–Kier alpha value is -3.06. The van der Waals surface area contributed by atoms with Crippen molar-refractivity contribution in [3.8, 4) is 11.3 Å². The van der Waals surface area contributed by atoms with Crippen LogP contribution in [-0.2, 0) is 0 Å². The number of furan rings is 1. The fraction of sp³-hybridized carbons (Fsp3) is 0.111. The second-order valence-electron chi connectivity index (χ2n) is 5.22. The molecule has 3 aromatic heterocycles. The number of aryl methyl sites for hydroxylation is 2. The number of fused-ring (bicyclic) bond motifs is 2. The topological polar surface area (TPSA) is 56.2 Å². The molecule has 4 heteroatoms. The van der Waals surface area contributed by atoms with Crippen molar-refractivity contribution in [2.24, 2.45) is 0 Å². The van der Waals surface area contributed by atoms with E-state index in [9.17, 15) is 4.79 Å². The summed E-state index contributed by atoms with van der Waals surface area (Å²) in [5.74, 6) is 0. The molecule has 4 rings (SSSR count). The summed E-state index contributed by atoms with van der Waals surface area (Å²) in [5.41, 5.74) is 3.93. The van der Waals surface area contributed by atoms with Gasteiger partial charge in [-0.2, -0.15) is 0 Å². The van der Waals surface area contributed by atoms with Crippen molar-refractivity contribution >= 4 is 21.9 Å². The van der Waals surface area contributed by atoms with E-state index < -0.39 is 5.63 Å². The van der Waals surface area contributed by atoms with E-state index in [1.54, 1.807) is 18.5 Å². The third-order valence-electron chi connectivity index (χ3n) is 3.80. The predicted octanol–water partition coefficient (Wildman–Crippen LogP) is 3.82. The molecule has 4 aromatic rings. The molecule has 3 heterocycles. The first-order valence-corrected chi connectivity index (χ1v) is 6.85. The molecule has 0 aliphatic heterocycles. The second kappa shape index (κ2) is 4.47. The highest BCUT2D eigenvalue weighted by Crippen LogP contribution is 2.34. The van der Waals surface area contributed by atoms with Gasteiger partial charge in [0.1, 0.15) is 16.9 Å². The summed E-state index contributed by atoms with van der Waals surface area (Å²) in [6.45, 7) is 3.87. The zero-order valence-corrected chi connectivity index (χ0v) is 12.1. The van der Waals surface area contributed by atoms with Gasteiger partial charge >= 0.3 is 5.63 Å². The zero-order valence-electron chi connectivity index (χ0n) is 12.1. The van der Waals surface area contributed by atoms with Gasteiger partial charge in [0.15, 0.2) is 0 Å². The molecule has 1 aromatic carbocycles. The maximum absolute atomic E-state index is 11.9. The molecule has 0 aliphatic rings. The van der Waals surface area contributed by atoms with Gasteiger partial charge in [0, 0.05) is 40.2 Å². The van der Waals surface area contributed by atoms with Crippen LogP contribution in [0.3, 0.4) is 0 Å². The lowest BCUT2D eigenvalue weighted by Crippen LogP contribution is -2.00. The summed E-state index contributed by atoms with van der Waals surface area (Å²) in [6.07, 6.45) is 3.33. The summed E-state index contributed by atoms with van der Waals surface area (Å²) in [6, 6.07) is 10.9. The summed E-state index contributed by atoms with van der Waals surface area (Å²) < 4.78 is 11.0. The average molecular weight is 289 g/mol. The van der Waals surface area contributed by atoms with Crippen molar-refractivity contribution in [2.75, 3.05) is 0 Å². The van der Waals surface area contributed by atoms with E-state index in [0.717, 1.165) is 27.5 Å². The molecular formula is C18H11NO3. The molecule has 0 N–H and O–H groups in total. The Morgan fingerprint density at radius 3 is 2.77 bits per heavy atom. The van der Waals surface area contributed by atoms with Crippen molar-refractivity contribution in [2.45, 2.75) is 13.8 Å². The van der Waals surface area contributed by atoms with Crippen LogP contribution in [-0.4, -0.2) is 4.98 Å². The molecule has 0 amide bonds. The van der Waals surface area contributed by atoms with E-state index in [-0.39, 0.29) is 0 Å². The van der Waals surface area contributed by atoms with Crippen molar-refractivity contribution in [1.29, 1.82) is 0 Å². The first kappa shape index (κ1) is 12.7. The number of aromatic nitrogens is 1. The van der Waals surface area contributed by atoms with Gasteiger partial charge in [-0.05, 0) is 31.5 Å². The minimum Gasteiger partial charge on any atom is -0.464 e. The van der Waals surface area contributed by atoms with Gasteiger partial charge in [0.05, 0.1) is 6.26 Å². The molecule has 0 aliphatic carbocycles. The molecule has 0 radical (unpaired) electrons. The van der Waals surface area contributed by atoms with E-state index in [1.165, 1.54) is 6.07 Å². The van der Waals surface area contributed by atoms with Crippen molar-refractivity contribution < 1.29 is 8.83 Å². The highest BCUT2D eigenvalue weighted by atomic mass is 16.4. The number of hydrogen-bond acceptors (Lipinski definition) is 4. The molecule has 0 saturated carbocycles. The van der Waals surface area contributed by atoms with E-state index >= 15 is 0 Å². The normalized spacial score (nSPS) is 11.0. The summed E-state index contributed by atoms with van der Waals surface area (Å²) >= 11 is 0. The number of benzene rings is 1. The standard InChI is InChI=1S/C18H11NO3/c1-10-9-21-17-11(2)18-14(7-12(10)17)13(8-16(20)22-18)15-5-3-4-6-19-15/h4,6-9H,1-2H3. The van der Waals surface area contributed by atoms with E-state index in [2.05, 4.69) is 17.1 Å². The minimum atomic E-state index is -0.424. The fourth-order valence-electron chi connectivity index (χ4n) is 2.72. The summed E-state index contributed by atoms with van der Waals surface area (Å²) in [4.78, 5) is 16.2. The highest BCUT2D eigenvalue weighted by Gasteiger charge is 2.16. The third-order valence-corrected chi connectivity index (χ3v) is 3.80. The van der Waals surface area contributed by atoms with Crippen LogP contribution in [0.5, 0.6) is 0 Å². The Morgan fingerprint density at radius 2 is 2.00 bits per heavy atom. The lowest BCUT2D eigenvalue weighted by Gasteiger charge is -2.06. The lowest BCUT2D eigenvalue weighted by molar-refractivity contribution is 0.556. The monoisotopic (exact) mass is 289 g/mol. The van der Waals surface area contributed by atoms with E-state index in [4.69, 9.17) is 8.83 Å². The molecule has 0 atom stereocenters. The summed E-state index contributed by atoms with van der Waals surface area (Å²) in [7, 11) is 0. The van der Waals surface area contributed by atoms with Crippen LogP contribution in [0.1, 0.15) is 11.1 Å². The molecule has 0 unspecified atom stereocenters. The maximum atomic E-state index is 11.9. The van der Waals surface area contributed by atoms with Crippen LogP contribution < -0.4 is 5.63 Å². The molecule has 0 fully saturated rings. The molecule has 22 heavy (non-hydrogen) atoms. The van der Waals surface area contributed by atoms with E-state index in [1.807, 2.05) is 19.9 Å². The number of nitrogens with zero attached hydrogens (tertiary/aromatic N) is 1. The van der Waals surface area contributed by atoms with Crippen LogP contribution in [0.4, 0.5) is 0 Å². The first-order chi connectivity index (χ1) is 10.6. The Kier molecular flexibility index (Phi) is 2.57. The zero-order chi connectivity index (χ0) is 15.3. The minimum absolute atomic E-state index is 0.424. The smallest absolute Gasteiger partial charge is 0.336 e. The molecule has 106 valence electrons. The van der Waals surface area contributed by atoms with E-state index in [0.29, 0.717) is 16.8 Å². The molecule has 0 spiro atoms. The quantitative estimate of drug-likeness (QED) is 0.500. The molecular weight excluding hydrogens is 278 g/mol. The Morgan fingerprint density at radius 1 is 1.14 bits per heavy atom. The molecule has 0 bridgehead atoms. The van der Waals surface area contributed by atoms with Crippen molar-refractivity contribution in [1.82, 2.24) is 4.98 Å². The van der Waals surface area contributed by atoms with Gasteiger partial charge < -0.3 is 8.83 Å². The van der Waals surface area contributed by atoms with Gasteiger partial charge in [-0.25, -0.2) is 9.78 Å². The third kappa shape index (κ3) is 1.73. The van der Waals surface area contributed by atoms with Gasteiger partial charge in [-0.15, -0.1) is 0 Å². The number of rotatable bonds is 1. The number of hydrogen-bond donors (Lipinski definition) is 0. The molecule has 4 nitrogen and oxygen atoms in total. The Labute approximate surface area is 126 Å². The Balaban J connectivity index is 2.22. The van der Waals surface area contributed by atoms with Crippen LogP contribution in [0, 0.1) is 26.0 Å². The van der Waals surface area contributed by atoms with Crippen molar-refractivity contribution in [3.05, 3.63) is 64.3 Å². The van der Waals surface area contributed by atoms with Gasteiger partial charge in [0.2, 0.25) is 0 Å². The van der Waals surface area contributed by atoms with Crippen LogP contribution in [0.25, 0.3) is 33.2 Å². The van der Waals surface area contributed by atoms with Crippen molar-refractivity contribution in [3.63, 3.8) is 0 Å². The first-order valence-electron chi connectivity index (χ1n) is 6.85. The highest BCUT2D eigenvalue weighted by molar-refractivity contribution is 6.03. The van der Waals surface area contributed by atoms with Gasteiger partial charge in [-0.1, -0.05) is 6.07 Å². The SMILES string of the molecule is Cc1coc2c(C)c3oc(=O)cc(-c4c#cccn4)c3cc12. The fourth-order valence-corrected chi connectivity index (χ4v) is 2.72. The summed E-state index contributed by atoms with van der Waals surface area (Å²) in [5, 5.41) is 1.82. The Bertz CT molecular complexity index is 1060. The largest absolute Gasteiger partial charge is 0.464 e. The lowest BCUT2D eigenvalue weighted by atomic mass is 10.0. The maximum Gasteiger partial charge on any atom is 0.336 e. The average Bonchev–Trinajstić information content (AvgIpc) is 2.90. The van der Waals surface area contributed by atoms with Crippen LogP contribution in [0.2, 0.25) is 0 Å². The van der Waals surface area contributed by atoms with Gasteiger partial charge in [0.25, 0.3) is 0 Å². The van der Waals surface area contributed by atoms with Gasteiger partial charge in [-0.3, -0.25) is 0 Å². The second-order valence-corrected chi connectivity index (χ2v) is 5.22. The molecule has 0 saturated heterocycles. The van der Waals surface area contributed by atoms with Crippen LogP contribution in [0.15, 0.2) is 44.3 Å². The van der Waals surface area contributed by atoms with Crippen LogP contribution >= 0.6 is 0 Å².